The maximum absolute atomic E-state index is 15.2. The van der Waals surface area contributed by atoms with Crippen molar-refractivity contribution < 1.29 is 31.1 Å². The Morgan fingerprint density at radius 2 is 1.56 bits per heavy atom. The van der Waals surface area contributed by atoms with Crippen LogP contribution < -0.4 is 4.74 Å². The maximum Gasteiger partial charge on any atom is 0.573 e. The third-order valence-corrected chi connectivity index (χ3v) is 8.03. The van der Waals surface area contributed by atoms with Gasteiger partial charge in [-0.15, -0.1) is 13.2 Å². The fraction of sp³-hybridized carbons (Fsp3) is 0.586. The number of hydrogen-bond acceptors (Lipinski definition) is 1. The molecule has 36 heavy (non-hydrogen) atoms. The molecule has 1 unspecified atom stereocenters. The Bertz CT molecular complexity index is 1020. The molecule has 1 atom stereocenters. The SMILES string of the molecule is CCCCCCC1CCC(c2cc(F)c(C3CCc4c(ccc(OC(F)(F)F)c4F)C3)c(F)c2)CC1. The highest BCUT2D eigenvalue weighted by Gasteiger charge is 2.35. The number of rotatable bonds is 8. The predicted octanol–water partition coefficient (Wildman–Crippen LogP) is 9.52. The monoisotopic (exact) mass is 512 g/mol. The number of alkyl halides is 3. The minimum absolute atomic E-state index is 0.00923. The second kappa shape index (κ2) is 11.5. The average Bonchev–Trinajstić information content (AvgIpc) is 2.83. The van der Waals surface area contributed by atoms with E-state index >= 15 is 8.78 Å². The highest BCUT2D eigenvalue weighted by molar-refractivity contribution is 5.42. The van der Waals surface area contributed by atoms with Gasteiger partial charge in [0.15, 0.2) is 11.6 Å². The van der Waals surface area contributed by atoms with Crippen molar-refractivity contribution >= 4 is 0 Å². The summed E-state index contributed by atoms with van der Waals surface area (Å²) in [5.41, 5.74) is 1.27. The Hall–Kier alpha value is -2.18. The van der Waals surface area contributed by atoms with Gasteiger partial charge in [-0.25, -0.2) is 13.2 Å². The van der Waals surface area contributed by atoms with E-state index in [1.54, 1.807) is 0 Å². The van der Waals surface area contributed by atoms with Crippen molar-refractivity contribution in [3.8, 4) is 5.75 Å². The van der Waals surface area contributed by atoms with E-state index in [1.165, 1.54) is 50.3 Å². The van der Waals surface area contributed by atoms with E-state index in [0.717, 1.165) is 31.7 Å². The summed E-state index contributed by atoms with van der Waals surface area (Å²) in [6, 6.07) is 5.21. The van der Waals surface area contributed by atoms with Crippen LogP contribution in [-0.4, -0.2) is 6.36 Å². The minimum atomic E-state index is -4.99. The van der Waals surface area contributed by atoms with Crippen molar-refractivity contribution in [1.29, 1.82) is 0 Å². The summed E-state index contributed by atoms with van der Waals surface area (Å²) in [5.74, 6) is -2.74. The van der Waals surface area contributed by atoms with Crippen LogP contribution >= 0.6 is 0 Å². The highest BCUT2D eigenvalue weighted by Crippen LogP contribution is 2.42. The molecule has 0 N–H and O–H groups in total. The van der Waals surface area contributed by atoms with Gasteiger partial charge in [0.25, 0.3) is 0 Å². The van der Waals surface area contributed by atoms with Crippen molar-refractivity contribution in [2.45, 2.75) is 102 Å². The second-order valence-electron chi connectivity index (χ2n) is 10.5. The highest BCUT2D eigenvalue weighted by atomic mass is 19.4. The molecule has 1 saturated carbocycles. The zero-order valence-corrected chi connectivity index (χ0v) is 20.7. The predicted molar refractivity (Wildman–Crippen MR) is 128 cm³/mol. The van der Waals surface area contributed by atoms with Crippen molar-refractivity contribution in [2.24, 2.45) is 5.92 Å². The number of fused-ring (bicyclic) bond motifs is 1. The van der Waals surface area contributed by atoms with Crippen LogP contribution in [0.3, 0.4) is 0 Å². The van der Waals surface area contributed by atoms with Gasteiger partial charge in [-0.2, -0.15) is 0 Å². The molecule has 2 aromatic carbocycles. The fourth-order valence-electron chi connectivity index (χ4n) is 6.11. The standard InChI is InChI=1S/C29H34F6O/c1-2-3-4-5-6-18-7-9-19(10-8-18)22-16-24(30)27(25(31)17-22)21-11-13-23-20(15-21)12-14-26(28(23)32)36-29(33,34)35/h12,14,16-19,21H,2-11,13,15H2,1H3. The zero-order chi connectivity index (χ0) is 25.9. The summed E-state index contributed by atoms with van der Waals surface area (Å²) in [4.78, 5) is 0. The number of ether oxygens (including phenoxy) is 1. The molecule has 7 heteroatoms. The molecular weight excluding hydrogens is 478 g/mol. The number of hydrogen-bond donors (Lipinski definition) is 0. The fourth-order valence-corrected chi connectivity index (χ4v) is 6.11. The lowest BCUT2D eigenvalue weighted by molar-refractivity contribution is -0.275. The topological polar surface area (TPSA) is 9.23 Å². The summed E-state index contributed by atoms with van der Waals surface area (Å²) in [5, 5.41) is 0. The van der Waals surface area contributed by atoms with Crippen LogP contribution in [0.15, 0.2) is 24.3 Å². The molecule has 4 rings (SSSR count). The van der Waals surface area contributed by atoms with Gasteiger partial charge in [0, 0.05) is 5.56 Å². The van der Waals surface area contributed by atoms with Gasteiger partial charge in [-0.3, -0.25) is 0 Å². The van der Waals surface area contributed by atoms with E-state index < -0.39 is 35.5 Å². The summed E-state index contributed by atoms with van der Waals surface area (Å²) < 4.78 is 86.3. The third kappa shape index (κ3) is 6.38. The molecule has 0 heterocycles. The molecule has 0 saturated heterocycles. The first-order valence-electron chi connectivity index (χ1n) is 13.2. The number of unbranched alkanes of at least 4 members (excludes halogenated alkanes) is 3. The maximum atomic E-state index is 15.2. The lowest BCUT2D eigenvalue weighted by Gasteiger charge is -2.30. The molecule has 0 aromatic heterocycles. The Morgan fingerprint density at radius 3 is 2.19 bits per heavy atom. The van der Waals surface area contributed by atoms with Crippen LogP contribution in [-0.2, 0) is 12.8 Å². The number of benzene rings is 2. The molecule has 0 bridgehead atoms. The van der Waals surface area contributed by atoms with E-state index in [0.29, 0.717) is 17.0 Å². The molecule has 2 aromatic rings. The Balaban J connectivity index is 1.42. The summed E-state index contributed by atoms with van der Waals surface area (Å²) in [6.07, 6.45) is 5.83. The van der Waals surface area contributed by atoms with Gasteiger partial charge >= 0.3 is 6.36 Å². The molecular formula is C29H34F6O. The average molecular weight is 513 g/mol. The third-order valence-electron chi connectivity index (χ3n) is 8.03. The van der Waals surface area contributed by atoms with Crippen LogP contribution in [0.2, 0.25) is 0 Å². The normalized spacial score (nSPS) is 22.4. The van der Waals surface area contributed by atoms with Gasteiger partial charge < -0.3 is 4.74 Å². The largest absolute Gasteiger partial charge is 0.573 e. The van der Waals surface area contributed by atoms with Crippen LogP contribution in [0.5, 0.6) is 5.75 Å². The lowest BCUT2D eigenvalue weighted by atomic mass is 9.75. The van der Waals surface area contributed by atoms with E-state index in [9.17, 15) is 17.6 Å². The van der Waals surface area contributed by atoms with Crippen molar-refractivity contribution in [3.63, 3.8) is 0 Å². The van der Waals surface area contributed by atoms with E-state index in [2.05, 4.69) is 11.7 Å². The molecule has 1 nitrogen and oxygen atoms in total. The van der Waals surface area contributed by atoms with Crippen molar-refractivity contribution in [1.82, 2.24) is 0 Å². The molecule has 198 valence electrons. The molecule has 1 fully saturated rings. The molecule has 0 radical (unpaired) electrons. The lowest BCUT2D eigenvalue weighted by Crippen LogP contribution is -2.21. The van der Waals surface area contributed by atoms with Gasteiger partial charge in [-0.05, 0) is 97.6 Å². The van der Waals surface area contributed by atoms with Gasteiger partial charge in [-0.1, -0.05) is 45.1 Å². The van der Waals surface area contributed by atoms with E-state index in [-0.39, 0.29) is 36.3 Å². The molecule has 0 spiro atoms. The zero-order valence-electron chi connectivity index (χ0n) is 20.7. The van der Waals surface area contributed by atoms with Gasteiger partial charge in [0.1, 0.15) is 11.6 Å². The Morgan fingerprint density at radius 1 is 0.861 bits per heavy atom. The van der Waals surface area contributed by atoms with Crippen LogP contribution in [0.25, 0.3) is 0 Å². The number of halogens is 6. The smallest absolute Gasteiger partial charge is 0.403 e. The molecule has 2 aliphatic carbocycles. The van der Waals surface area contributed by atoms with Crippen molar-refractivity contribution in [3.05, 3.63) is 64.0 Å². The Kier molecular flexibility index (Phi) is 8.56. The first-order chi connectivity index (χ1) is 17.2. The minimum Gasteiger partial charge on any atom is -0.403 e. The first-order valence-corrected chi connectivity index (χ1v) is 13.2. The first kappa shape index (κ1) is 26.9. The van der Waals surface area contributed by atoms with Crippen LogP contribution in [0.1, 0.15) is 105 Å². The van der Waals surface area contributed by atoms with E-state index in [4.69, 9.17) is 0 Å². The quantitative estimate of drug-likeness (QED) is 0.253. The summed E-state index contributed by atoms with van der Waals surface area (Å²) in [7, 11) is 0. The molecule has 2 aliphatic rings. The van der Waals surface area contributed by atoms with Crippen molar-refractivity contribution in [2.75, 3.05) is 0 Å². The Labute approximate surface area is 209 Å². The van der Waals surface area contributed by atoms with E-state index in [1.807, 2.05) is 0 Å². The second-order valence-corrected chi connectivity index (χ2v) is 10.5. The van der Waals surface area contributed by atoms with Crippen LogP contribution in [0, 0.1) is 23.4 Å². The van der Waals surface area contributed by atoms with Gasteiger partial charge in [0.2, 0.25) is 0 Å². The molecule has 0 amide bonds. The summed E-state index contributed by atoms with van der Waals surface area (Å²) >= 11 is 0. The van der Waals surface area contributed by atoms with Gasteiger partial charge in [0.05, 0.1) is 0 Å². The van der Waals surface area contributed by atoms with Crippen LogP contribution in [0.4, 0.5) is 26.3 Å². The molecule has 0 aliphatic heterocycles. The summed E-state index contributed by atoms with van der Waals surface area (Å²) in [6.45, 7) is 2.20.